The van der Waals surface area contributed by atoms with Crippen LogP contribution < -0.4 is 16.4 Å². The normalized spacial score (nSPS) is 17.8. The summed E-state index contributed by atoms with van der Waals surface area (Å²) in [5.41, 5.74) is 7.05. The second-order valence-electron chi connectivity index (χ2n) is 10.3. The first-order valence-electron chi connectivity index (χ1n) is 13.3. The van der Waals surface area contributed by atoms with E-state index in [0.717, 1.165) is 0 Å². The number of rotatable bonds is 6. The summed E-state index contributed by atoms with van der Waals surface area (Å²) < 4.78 is 41.7. The zero-order valence-electron chi connectivity index (χ0n) is 22.7. The Kier molecular flexibility index (Phi) is 7.95. The molecular formula is C30H28F3N7O2. The molecule has 216 valence electrons. The molecule has 2 aromatic carbocycles. The van der Waals surface area contributed by atoms with Crippen LogP contribution in [0.5, 0.6) is 0 Å². The number of allylic oxidation sites excluding steroid dienone is 1. The average molecular weight is 576 g/mol. The van der Waals surface area contributed by atoms with E-state index in [2.05, 4.69) is 15.3 Å². The van der Waals surface area contributed by atoms with Crippen LogP contribution in [0, 0.1) is 24.2 Å². The van der Waals surface area contributed by atoms with Crippen molar-refractivity contribution in [3.8, 4) is 6.07 Å². The number of nitrogens with zero attached hydrogens (tertiary/aromatic N) is 4. The summed E-state index contributed by atoms with van der Waals surface area (Å²) in [6.45, 7) is 2.49. The Morgan fingerprint density at radius 1 is 1.24 bits per heavy atom. The van der Waals surface area contributed by atoms with Gasteiger partial charge in [-0.25, -0.2) is 4.99 Å². The number of fused-ring (bicyclic) bond motifs is 1. The molecule has 3 aromatic rings. The van der Waals surface area contributed by atoms with E-state index in [1.54, 1.807) is 54.3 Å². The number of amides is 2. The minimum absolute atomic E-state index is 0.0221. The van der Waals surface area contributed by atoms with Gasteiger partial charge < -0.3 is 20.9 Å². The molecule has 0 bridgehead atoms. The van der Waals surface area contributed by atoms with Crippen molar-refractivity contribution in [2.75, 3.05) is 26.2 Å². The number of dihydropyridines is 1. The second-order valence-corrected chi connectivity index (χ2v) is 10.3. The van der Waals surface area contributed by atoms with Gasteiger partial charge in [0.15, 0.2) is 0 Å². The number of likely N-dealkylation sites (tertiary alicyclic amines) is 1. The van der Waals surface area contributed by atoms with E-state index in [1.807, 2.05) is 6.07 Å². The molecule has 9 nitrogen and oxygen atoms in total. The first kappa shape index (κ1) is 28.8. The van der Waals surface area contributed by atoms with Crippen LogP contribution in [0.15, 0.2) is 64.7 Å². The minimum atomic E-state index is -4.65. The van der Waals surface area contributed by atoms with Crippen molar-refractivity contribution in [3.05, 3.63) is 76.8 Å². The van der Waals surface area contributed by atoms with E-state index in [0.29, 0.717) is 51.7 Å². The van der Waals surface area contributed by atoms with Gasteiger partial charge in [-0.05, 0) is 36.8 Å². The van der Waals surface area contributed by atoms with Crippen molar-refractivity contribution in [1.82, 2.24) is 15.2 Å². The fraction of sp³-hybridized carbons (Fsp3) is 0.300. The number of hydrogen-bond donors (Lipinski definition) is 3. The number of halogens is 3. The number of aryl methyl sites for hydroxylation is 1. The highest BCUT2D eigenvalue weighted by Crippen LogP contribution is 2.35. The molecule has 2 amide bonds. The molecular weight excluding hydrogens is 547 g/mol. The highest BCUT2D eigenvalue weighted by Gasteiger charge is 2.40. The molecule has 2 aliphatic rings. The van der Waals surface area contributed by atoms with Gasteiger partial charge in [0.25, 0.3) is 5.91 Å². The van der Waals surface area contributed by atoms with Gasteiger partial charge in [-0.15, -0.1) is 0 Å². The number of aliphatic imine (C=N–C) groups is 1. The Balaban J connectivity index is 1.45. The van der Waals surface area contributed by atoms with E-state index >= 15 is 0 Å². The van der Waals surface area contributed by atoms with Crippen LogP contribution in [-0.2, 0) is 4.79 Å². The molecule has 1 aromatic heterocycles. The molecule has 0 radical (unpaired) electrons. The first-order valence-corrected chi connectivity index (χ1v) is 13.3. The lowest BCUT2D eigenvalue weighted by atomic mass is 9.91. The van der Waals surface area contributed by atoms with Crippen molar-refractivity contribution in [2.24, 2.45) is 21.6 Å². The van der Waals surface area contributed by atoms with Crippen LogP contribution in [0.2, 0.25) is 0 Å². The van der Waals surface area contributed by atoms with Crippen LogP contribution in [0.1, 0.15) is 27.9 Å². The Hall–Kier alpha value is -4.76. The number of aromatic nitrogens is 1. The maximum atomic E-state index is 13.9. The highest BCUT2D eigenvalue weighted by atomic mass is 19.4. The summed E-state index contributed by atoms with van der Waals surface area (Å²) in [6, 6.07) is 13.9. The van der Waals surface area contributed by atoms with Crippen LogP contribution in [-0.4, -0.2) is 65.8 Å². The predicted molar refractivity (Wildman–Crippen MR) is 152 cm³/mol. The minimum Gasteiger partial charge on any atom is -0.359 e. The SMILES string of the molecule is Cc1cc(N=c2ccccc3c(C4=CC(CC#N)CN=C4C(F)(F)F)c[nH]c23)ccc1C(=O)NCC(=O)N1CC(N)C1. The van der Waals surface area contributed by atoms with Crippen LogP contribution in [0.4, 0.5) is 18.9 Å². The molecule has 1 unspecified atom stereocenters. The number of nitrogens with one attached hydrogen (secondary N) is 2. The molecule has 0 aliphatic carbocycles. The second kappa shape index (κ2) is 11.6. The molecule has 5 rings (SSSR count). The molecule has 2 aliphatic heterocycles. The molecule has 0 spiro atoms. The van der Waals surface area contributed by atoms with E-state index in [4.69, 9.17) is 16.0 Å². The van der Waals surface area contributed by atoms with Gasteiger partial charge in [0, 0.05) is 66.3 Å². The fourth-order valence-corrected chi connectivity index (χ4v) is 5.07. The number of aromatic amines is 1. The first-order chi connectivity index (χ1) is 20.0. The molecule has 3 heterocycles. The van der Waals surface area contributed by atoms with E-state index in [9.17, 15) is 22.8 Å². The maximum Gasteiger partial charge on any atom is 0.433 e. The van der Waals surface area contributed by atoms with Gasteiger partial charge in [0.1, 0.15) is 5.71 Å². The summed E-state index contributed by atoms with van der Waals surface area (Å²) in [6.07, 6.45) is -1.62. The Morgan fingerprint density at radius 3 is 2.69 bits per heavy atom. The number of carbonyl (C=O) groups is 2. The summed E-state index contributed by atoms with van der Waals surface area (Å²) in [4.78, 5) is 38.0. The summed E-state index contributed by atoms with van der Waals surface area (Å²) in [5, 5.41) is 12.7. The largest absolute Gasteiger partial charge is 0.433 e. The van der Waals surface area contributed by atoms with Gasteiger partial charge in [-0.3, -0.25) is 14.6 Å². The third-order valence-corrected chi connectivity index (χ3v) is 7.22. The van der Waals surface area contributed by atoms with Crippen LogP contribution in [0.3, 0.4) is 0 Å². The predicted octanol–water partition coefficient (Wildman–Crippen LogP) is 3.54. The van der Waals surface area contributed by atoms with Crippen molar-refractivity contribution >= 4 is 39.7 Å². The van der Waals surface area contributed by atoms with Crippen molar-refractivity contribution < 1.29 is 22.8 Å². The number of nitrogens with two attached hydrogens (primary N) is 1. The van der Waals surface area contributed by atoms with Gasteiger partial charge in [-0.1, -0.05) is 24.3 Å². The standard InChI is InChI=1S/C30H28F3N7O2/c1-17-10-20(6-7-21(17)29(42)38-14-26(41)40-15-19(35)16-40)39-25-5-3-2-4-22-24(13-36-27(22)25)23-11-18(8-9-34)12-37-28(23)30(31,32)33/h2-7,10-11,13,18-19,36H,8,12,14-16,35H2,1H3,(H,38,42). The monoisotopic (exact) mass is 575 g/mol. The molecule has 1 fully saturated rings. The molecule has 0 saturated carbocycles. The zero-order valence-corrected chi connectivity index (χ0v) is 22.7. The topological polar surface area (TPSA) is 140 Å². The van der Waals surface area contributed by atoms with Crippen molar-refractivity contribution in [1.29, 1.82) is 5.26 Å². The Labute approximate surface area is 239 Å². The number of nitriles is 1. The van der Waals surface area contributed by atoms with Crippen molar-refractivity contribution in [2.45, 2.75) is 25.6 Å². The fourth-order valence-electron chi connectivity index (χ4n) is 5.07. The van der Waals surface area contributed by atoms with Gasteiger partial charge >= 0.3 is 6.18 Å². The van der Waals surface area contributed by atoms with Crippen LogP contribution >= 0.6 is 0 Å². The number of H-pyrrole nitrogens is 1. The molecule has 42 heavy (non-hydrogen) atoms. The number of alkyl halides is 3. The van der Waals surface area contributed by atoms with Crippen molar-refractivity contribution in [3.63, 3.8) is 0 Å². The average Bonchev–Trinajstić information content (AvgIpc) is 3.25. The summed E-state index contributed by atoms with van der Waals surface area (Å²) in [7, 11) is 0. The van der Waals surface area contributed by atoms with E-state index in [-0.39, 0.29) is 37.0 Å². The third kappa shape index (κ3) is 5.96. The molecule has 1 saturated heterocycles. The van der Waals surface area contributed by atoms with Gasteiger partial charge in [0.2, 0.25) is 5.91 Å². The van der Waals surface area contributed by atoms with Gasteiger partial charge in [-0.2, -0.15) is 18.4 Å². The quantitative estimate of drug-likeness (QED) is 0.414. The lowest BCUT2D eigenvalue weighted by molar-refractivity contribution is -0.134. The smallest absolute Gasteiger partial charge is 0.359 e. The highest BCUT2D eigenvalue weighted by molar-refractivity contribution is 6.29. The molecule has 1 atom stereocenters. The summed E-state index contributed by atoms with van der Waals surface area (Å²) >= 11 is 0. The van der Waals surface area contributed by atoms with Crippen LogP contribution in [0.25, 0.3) is 16.5 Å². The number of carbonyl (C=O) groups excluding carboxylic acids is 2. The van der Waals surface area contributed by atoms with E-state index in [1.165, 1.54) is 12.3 Å². The Morgan fingerprint density at radius 2 is 2.00 bits per heavy atom. The number of hydrogen-bond acceptors (Lipinski definition) is 6. The maximum absolute atomic E-state index is 13.9. The third-order valence-electron chi connectivity index (χ3n) is 7.22. The lowest BCUT2D eigenvalue weighted by Crippen LogP contribution is -2.59. The molecule has 12 heteroatoms. The lowest BCUT2D eigenvalue weighted by Gasteiger charge is -2.36. The number of benzene rings is 1. The van der Waals surface area contributed by atoms with Gasteiger partial charge in [0.05, 0.1) is 29.2 Å². The molecule has 4 N–H and O–H groups in total. The zero-order chi connectivity index (χ0) is 30.0. The Bertz CT molecular complexity index is 1730. The van der Waals surface area contributed by atoms with E-state index < -0.39 is 23.7 Å². The summed E-state index contributed by atoms with van der Waals surface area (Å²) in [5.74, 6) is -1.01.